The Morgan fingerprint density at radius 2 is 1.72 bits per heavy atom. The topological polar surface area (TPSA) is 279 Å². The van der Waals surface area contributed by atoms with Gasteiger partial charge < -0.3 is 44.7 Å². The summed E-state index contributed by atoms with van der Waals surface area (Å²) >= 11 is 0. The lowest BCUT2D eigenvalue weighted by molar-refractivity contribution is -0.0234. The SMILES string of the molecule is NC(=O)c1nc([C@@H]2O[C@H](COP(=O)(O)OP(=O)(O)OP(=O)(O)O)[C@@H](O)[C@H]2O)co1. The van der Waals surface area contributed by atoms with Crippen molar-refractivity contribution in [3.05, 3.63) is 17.8 Å². The molecule has 1 aromatic rings. The van der Waals surface area contributed by atoms with Crippen molar-refractivity contribution in [1.29, 1.82) is 0 Å². The summed E-state index contributed by atoms with van der Waals surface area (Å²) in [5.74, 6) is -1.53. The van der Waals surface area contributed by atoms with Crippen molar-refractivity contribution in [3.8, 4) is 0 Å². The van der Waals surface area contributed by atoms with E-state index >= 15 is 0 Å². The molecular weight excluding hydrogens is 469 g/mol. The average Bonchev–Trinajstić information content (AvgIpc) is 3.09. The van der Waals surface area contributed by atoms with E-state index in [-0.39, 0.29) is 5.69 Å². The predicted octanol–water partition coefficient (Wildman–Crippen LogP) is -1.72. The maximum absolute atomic E-state index is 11.7. The summed E-state index contributed by atoms with van der Waals surface area (Å²) in [6.45, 7) is -1.00. The van der Waals surface area contributed by atoms with Crippen molar-refractivity contribution in [2.75, 3.05) is 6.61 Å². The van der Waals surface area contributed by atoms with Crippen LogP contribution in [0.3, 0.4) is 0 Å². The molecule has 0 spiro atoms. The fraction of sp³-hybridized carbons (Fsp3) is 0.556. The number of nitrogens with two attached hydrogens (primary N) is 1. The minimum Gasteiger partial charge on any atom is -0.441 e. The average molecular weight is 484 g/mol. The van der Waals surface area contributed by atoms with Crippen LogP contribution in [0.25, 0.3) is 0 Å². The van der Waals surface area contributed by atoms with Gasteiger partial charge in [-0.15, -0.1) is 0 Å². The van der Waals surface area contributed by atoms with E-state index in [1.807, 2.05) is 0 Å². The molecule has 8 N–H and O–H groups in total. The van der Waals surface area contributed by atoms with E-state index in [0.717, 1.165) is 6.26 Å². The van der Waals surface area contributed by atoms with Crippen LogP contribution in [0.4, 0.5) is 0 Å². The summed E-state index contributed by atoms with van der Waals surface area (Å²) in [5, 5.41) is 19.9. The number of primary amides is 1. The highest BCUT2D eigenvalue weighted by molar-refractivity contribution is 7.66. The highest BCUT2D eigenvalue weighted by Gasteiger charge is 2.47. The van der Waals surface area contributed by atoms with E-state index in [2.05, 4.69) is 18.1 Å². The maximum Gasteiger partial charge on any atom is 0.490 e. The van der Waals surface area contributed by atoms with Gasteiger partial charge in [-0.05, 0) is 0 Å². The number of amides is 1. The lowest BCUT2D eigenvalue weighted by atomic mass is 10.1. The van der Waals surface area contributed by atoms with Crippen LogP contribution < -0.4 is 5.73 Å². The van der Waals surface area contributed by atoms with Crippen molar-refractivity contribution < 1.29 is 70.6 Å². The molecule has 17 nitrogen and oxygen atoms in total. The van der Waals surface area contributed by atoms with Crippen molar-refractivity contribution in [2.24, 2.45) is 5.73 Å². The molecule has 166 valence electrons. The molecular formula is C9H15N2O15P3. The molecule has 0 aliphatic carbocycles. The summed E-state index contributed by atoms with van der Waals surface area (Å²) in [5.41, 5.74) is 4.81. The van der Waals surface area contributed by atoms with E-state index in [1.165, 1.54) is 0 Å². The number of aliphatic hydroxyl groups excluding tert-OH is 2. The first-order chi connectivity index (χ1) is 13.1. The third-order valence-corrected chi connectivity index (χ3v) is 7.01. The van der Waals surface area contributed by atoms with Crippen LogP contribution in [0.15, 0.2) is 10.7 Å². The molecule has 29 heavy (non-hydrogen) atoms. The molecule has 2 heterocycles. The van der Waals surface area contributed by atoms with Gasteiger partial charge in [0.05, 0.1) is 6.61 Å². The van der Waals surface area contributed by atoms with Crippen molar-refractivity contribution in [2.45, 2.75) is 24.4 Å². The van der Waals surface area contributed by atoms with Gasteiger partial charge in [0.25, 0.3) is 5.89 Å². The molecule has 1 aromatic heterocycles. The molecule has 20 heteroatoms. The van der Waals surface area contributed by atoms with E-state index in [0.29, 0.717) is 0 Å². The second-order valence-corrected chi connectivity index (χ2v) is 9.82. The molecule has 1 aliphatic rings. The number of carbonyl (C=O) groups is 1. The lowest BCUT2D eigenvalue weighted by Gasteiger charge is -2.19. The first-order valence-corrected chi connectivity index (χ1v) is 11.7. The fourth-order valence-electron chi connectivity index (χ4n) is 2.13. The zero-order valence-corrected chi connectivity index (χ0v) is 16.5. The number of aliphatic hydroxyl groups is 2. The van der Waals surface area contributed by atoms with E-state index in [9.17, 15) is 33.6 Å². The Morgan fingerprint density at radius 1 is 1.10 bits per heavy atom. The molecule has 0 radical (unpaired) electrons. The first-order valence-electron chi connectivity index (χ1n) is 7.15. The van der Waals surface area contributed by atoms with Crippen LogP contribution in [0.1, 0.15) is 22.5 Å². The van der Waals surface area contributed by atoms with Crippen molar-refractivity contribution in [3.63, 3.8) is 0 Å². The van der Waals surface area contributed by atoms with Crippen molar-refractivity contribution >= 4 is 29.4 Å². The van der Waals surface area contributed by atoms with Gasteiger partial charge in [0.2, 0.25) is 0 Å². The van der Waals surface area contributed by atoms with Crippen LogP contribution >= 0.6 is 23.5 Å². The molecule has 0 saturated carbocycles. The third kappa shape index (κ3) is 6.73. The van der Waals surface area contributed by atoms with Crippen LogP contribution in [0.2, 0.25) is 0 Å². The Labute approximate surface area is 160 Å². The molecule has 0 bridgehead atoms. The molecule has 2 rings (SSSR count). The number of oxazole rings is 1. The first kappa shape index (κ1) is 24.2. The molecule has 2 unspecified atom stereocenters. The van der Waals surface area contributed by atoms with Crippen LogP contribution in [0, 0.1) is 0 Å². The Hall–Kier alpha value is -1.03. The van der Waals surface area contributed by atoms with E-state index in [1.54, 1.807) is 0 Å². The maximum atomic E-state index is 11.7. The molecule has 1 aliphatic heterocycles. The van der Waals surface area contributed by atoms with Gasteiger partial charge in [-0.3, -0.25) is 9.32 Å². The number of phosphoric ester groups is 1. The minimum absolute atomic E-state index is 0.147. The number of carbonyl (C=O) groups excluding carboxylic acids is 1. The predicted molar refractivity (Wildman–Crippen MR) is 84.5 cm³/mol. The second kappa shape index (κ2) is 8.61. The smallest absolute Gasteiger partial charge is 0.441 e. The monoisotopic (exact) mass is 484 g/mol. The molecule has 6 atom stereocenters. The Bertz CT molecular complexity index is 895. The Balaban J connectivity index is 2.01. The van der Waals surface area contributed by atoms with Crippen LogP contribution in [-0.2, 0) is 31.6 Å². The quantitative estimate of drug-likeness (QED) is 0.192. The largest absolute Gasteiger partial charge is 0.490 e. The van der Waals surface area contributed by atoms with Gasteiger partial charge in [-0.25, -0.2) is 18.7 Å². The van der Waals surface area contributed by atoms with Gasteiger partial charge in [0.1, 0.15) is 36.4 Å². The summed E-state index contributed by atoms with van der Waals surface area (Å²) < 4.78 is 54.7. The Morgan fingerprint density at radius 3 is 2.24 bits per heavy atom. The highest BCUT2D eigenvalue weighted by atomic mass is 31.3. The van der Waals surface area contributed by atoms with Gasteiger partial charge >= 0.3 is 29.4 Å². The van der Waals surface area contributed by atoms with E-state index < -0.39 is 66.3 Å². The van der Waals surface area contributed by atoms with Gasteiger partial charge in [0, 0.05) is 0 Å². The molecule has 1 saturated heterocycles. The number of ether oxygens (including phenoxy) is 1. The highest BCUT2D eigenvalue weighted by Crippen LogP contribution is 2.66. The number of phosphoric acid groups is 3. The number of hydrogen-bond acceptors (Lipinski definition) is 12. The van der Waals surface area contributed by atoms with Crippen LogP contribution in [0.5, 0.6) is 0 Å². The lowest BCUT2D eigenvalue weighted by Crippen LogP contribution is -2.33. The fourth-order valence-corrected chi connectivity index (χ4v) is 5.16. The number of rotatable bonds is 9. The standard InChI is InChI=1S/C9H15N2O15P3/c10-8(14)9-11-3(1-22-9)7-6(13)5(12)4(24-7)2-23-28(18,19)26-29(20,21)25-27(15,16)17/h1,4-7,12-13H,2H2,(H2,10,14)(H,18,19)(H,20,21)(H2,15,16,17)/t4-,5-,6-,7+/m1/s1. The normalized spacial score (nSPS) is 29.3. The molecule has 0 aromatic carbocycles. The molecule has 1 amide bonds. The molecule has 1 fully saturated rings. The zero-order chi connectivity index (χ0) is 22.2. The zero-order valence-electron chi connectivity index (χ0n) is 13.8. The number of nitrogens with zero attached hydrogens (tertiary/aromatic N) is 1. The van der Waals surface area contributed by atoms with Gasteiger partial charge in [-0.1, -0.05) is 0 Å². The van der Waals surface area contributed by atoms with Crippen LogP contribution in [-0.4, -0.2) is 65.6 Å². The summed E-state index contributed by atoms with van der Waals surface area (Å²) in [7, 11) is -16.7. The number of aromatic nitrogens is 1. The summed E-state index contributed by atoms with van der Waals surface area (Å²) in [6, 6.07) is 0. The van der Waals surface area contributed by atoms with Gasteiger partial charge in [0.15, 0.2) is 0 Å². The third-order valence-electron chi connectivity index (χ3n) is 3.20. The number of hydrogen-bond donors (Lipinski definition) is 7. The van der Waals surface area contributed by atoms with Crippen molar-refractivity contribution in [1.82, 2.24) is 4.98 Å². The second-order valence-electron chi connectivity index (χ2n) is 5.40. The minimum atomic E-state index is -5.71. The summed E-state index contributed by atoms with van der Waals surface area (Å²) in [6.07, 6.45) is -5.34. The Kier molecular flexibility index (Phi) is 7.20. The summed E-state index contributed by atoms with van der Waals surface area (Å²) in [4.78, 5) is 49.9. The van der Waals surface area contributed by atoms with Gasteiger partial charge in [-0.2, -0.15) is 8.62 Å². The van der Waals surface area contributed by atoms with E-state index in [4.69, 9.17) is 29.6 Å².